The summed E-state index contributed by atoms with van der Waals surface area (Å²) in [5.41, 5.74) is 11.5. The zero-order valence-corrected chi connectivity index (χ0v) is 65.3. The third-order valence-electron chi connectivity index (χ3n) is 12.8. The Morgan fingerprint density at radius 3 is 0.693 bits per heavy atom. The van der Waals surface area contributed by atoms with Crippen molar-refractivity contribution in [3.8, 4) is 0 Å². The predicted molar refractivity (Wildman–Crippen MR) is 467 cm³/mol. The quantitative estimate of drug-likeness (QED) is 0.151. The van der Waals surface area contributed by atoms with Crippen LogP contribution in [0.1, 0.15) is 315 Å². The molecule has 3 heterocycles. The molecule has 0 amide bonds. The third kappa shape index (κ3) is 94.3. The molecule has 2 aliphatic carbocycles. The Bertz CT molecular complexity index is 2190. The molecule has 10 rings (SSSR count). The van der Waals surface area contributed by atoms with Crippen molar-refractivity contribution >= 4 is 10.8 Å². The van der Waals surface area contributed by atoms with Gasteiger partial charge in [-0.25, -0.2) is 19.9 Å². The minimum Gasteiger partial charge on any atom is -0.353 e. The summed E-state index contributed by atoms with van der Waals surface area (Å²) in [6, 6.07) is 40.3. The number of rotatable bonds is 0. The van der Waals surface area contributed by atoms with Crippen molar-refractivity contribution in [2.24, 2.45) is 23.7 Å². The van der Waals surface area contributed by atoms with E-state index in [1.807, 2.05) is 77.6 Å². The molecule has 0 unspecified atom stereocenters. The van der Waals surface area contributed by atoms with Crippen molar-refractivity contribution in [1.29, 1.82) is 0 Å². The molecule has 0 N–H and O–H groups in total. The van der Waals surface area contributed by atoms with Gasteiger partial charge in [0.15, 0.2) is 6.29 Å². The first kappa shape index (κ1) is 128. The van der Waals surface area contributed by atoms with Crippen LogP contribution in [0.15, 0.2) is 140 Å². The second kappa shape index (κ2) is 94.3. The number of hydrogen-bond donors (Lipinski definition) is 0. The third-order valence-corrected chi connectivity index (χ3v) is 12.8. The van der Waals surface area contributed by atoms with E-state index in [1.54, 1.807) is 0 Å². The van der Waals surface area contributed by atoms with Crippen molar-refractivity contribution < 1.29 is 18.3 Å². The van der Waals surface area contributed by atoms with Crippen LogP contribution in [0.25, 0.3) is 10.8 Å². The lowest BCUT2D eigenvalue weighted by Gasteiger charge is -2.24. The normalized spacial score (nSPS) is 13.8. The molecule has 0 bridgehead atoms. The summed E-state index contributed by atoms with van der Waals surface area (Å²) >= 11 is 0. The Balaban J connectivity index is -0.0000000677. The highest BCUT2D eigenvalue weighted by molar-refractivity contribution is 5.83. The SMILES string of the molecule is C.C.C.C.C.C.C.C.CC1CCC(C)CC1.CC1CCCCC1.CC1COC(C)OC1.CCC.CCC.CCC.CCC.CCC.CF.CF.Cc1ccc(C)cc1.Cc1ccc(C)cc1.Cc1ccc2cc(C)ccc2c1.Cc1ccccc1.Cc1cnc(C)nc1.Cc1cnc(C)nc1. The van der Waals surface area contributed by atoms with Crippen LogP contribution >= 0.6 is 0 Å². The lowest BCUT2D eigenvalue weighted by molar-refractivity contribution is -0.187. The fourth-order valence-corrected chi connectivity index (χ4v) is 7.64. The molecule has 3 aliphatic rings. The van der Waals surface area contributed by atoms with Gasteiger partial charge in [0, 0.05) is 30.7 Å². The van der Waals surface area contributed by atoms with Gasteiger partial charge in [-0.3, -0.25) is 8.78 Å². The van der Waals surface area contributed by atoms with E-state index in [1.165, 1.54) is 140 Å². The van der Waals surface area contributed by atoms with Gasteiger partial charge in [0.25, 0.3) is 0 Å². The summed E-state index contributed by atoms with van der Waals surface area (Å²) in [7, 11) is 1.00. The molecule has 2 aromatic heterocycles. The van der Waals surface area contributed by atoms with E-state index >= 15 is 0 Å². The summed E-state index contributed by atoms with van der Waals surface area (Å²) in [4.78, 5) is 15.9. The first-order chi connectivity index (χ1) is 44.3. The van der Waals surface area contributed by atoms with Gasteiger partial charge >= 0.3 is 0 Å². The molecule has 0 spiro atoms. The molecule has 6 nitrogen and oxygen atoms in total. The zero-order chi connectivity index (χ0) is 72.2. The number of nitrogens with zero attached hydrogens (tertiary/aromatic N) is 4. The van der Waals surface area contributed by atoms with Gasteiger partial charge < -0.3 is 9.47 Å². The van der Waals surface area contributed by atoms with Crippen molar-refractivity contribution in [3.05, 3.63) is 202 Å². The maximum Gasteiger partial charge on any atom is 0.154 e. The highest BCUT2D eigenvalue weighted by Gasteiger charge is 2.14. The van der Waals surface area contributed by atoms with Gasteiger partial charge in [0.05, 0.1) is 27.6 Å². The van der Waals surface area contributed by atoms with Crippen LogP contribution in [0.4, 0.5) is 8.78 Å². The van der Waals surface area contributed by atoms with Crippen LogP contribution in [0.5, 0.6) is 0 Å². The zero-order valence-electron chi connectivity index (χ0n) is 65.3. The van der Waals surface area contributed by atoms with Crippen LogP contribution in [-0.4, -0.2) is 53.8 Å². The first-order valence-corrected chi connectivity index (χ1v) is 35.4. The summed E-state index contributed by atoms with van der Waals surface area (Å²) < 4.78 is 29.3. The van der Waals surface area contributed by atoms with Crippen LogP contribution in [-0.2, 0) is 9.47 Å². The fraction of sp³-hybridized carbons (Fsp3) is 0.613. The van der Waals surface area contributed by atoms with E-state index < -0.39 is 0 Å². The fourth-order valence-electron chi connectivity index (χ4n) is 7.64. The number of hydrogen-bond acceptors (Lipinski definition) is 6. The molecule has 2 saturated carbocycles. The van der Waals surface area contributed by atoms with E-state index in [-0.39, 0.29) is 65.7 Å². The van der Waals surface area contributed by atoms with Crippen molar-refractivity contribution in [1.82, 2.24) is 19.9 Å². The molecule has 1 saturated heterocycles. The van der Waals surface area contributed by atoms with Crippen molar-refractivity contribution in [2.75, 3.05) is 27.6 Å². The van der Waals surface area contributed by atoms with Gasteiger partial charge in [-0.05, 0) is 123 Å². The molecular weight excluding hydrogens is 1240 g/mol. The summed E-state index contributed by atoms with van der Waals surface area (Å²) in [6.45, 7) is 56.5. The minimum atomic E-state index is 0. The number of aromatic nitrogens is 4. The molecular formula is C93H176F2N4O2. The average molecular weight is 1420 g/mol. The molecule has 8 heteroatoms. The Kier molecular flexibility index (Phi) is 120. The van der Waals surface area contributed by atoms with Gasteiger partial charge in [-0.2, -0.15) is 0 Å². The van der Waals surface area contributed by atoms with E-state index in [0.717, 1.165) is 53.7 Å². The number of ether oxygens (including phenoxy) is 2. The van der Waals surface area contributed by atoms with Gasteiger partial charge in [-0.15, -0.1) is 0 Å². The molecule has 0 atom stereocenters. The first-order valence-electron chi connectivity index (χ1n) is 35.4. The highest BCUT2D eigenvalue weighted by Crippen LogP contribution is 2.27. The van der Waals surface area contributed by atoms with Crippen LogP contribution in [0.3, 0.4) is 0 Å². The van der Waals surface area contributed by atoms with E-state index in [2.05, 4.69) is 262 Å². The minimum absolute atomic E-state index is 0. The topological polar surface area (TPSA) is 70.0 Å². The Morgan fingerprint density at radius 2 is 0.505 bits per heavy atom. The number of aryl methyl sites for hydroxylation is 11. The molecule has 0 radical (unpaired) electrons. The second-order valence-corrected chi connectivity index (χ2v) is 24.9. The lowest BCUT2D eigenvalue weighted by Crippen LogP contribution is -2.27. The van der Waals surface area contributed by atoms with Gasteiger partial charge in [-0.1, -0.05) is 400 Å². The molecule has 594 valence electrons. The Morgan fingerprint density at radius 1 is 0.287 bits per heavy atom. The Labute approximate surface area is 634 Å². The maximum atomic E-state index is 9.50. The lowest BCUT2D eigenvalue weighted by atomic mass is 9.84. The van der Waals surface area contributed by atoms with Crippen molar-refractivity contribution in [2.45, 2.75) is 336 Å². The summed E-state index contributed by atoms with van der Waals surface area (Å²) in [5, 5.41) is 2.67. The smallest absolute Gasteiger partial charge is 0.154 e. The van der Waals surface area contributed by atoms with Gasteiger partial charge in [0.1, 0.15) is 11.6 Å². The standard InChI is InChI=1S/C12H12.C8H16.2C8H10.C7H14.C7H8.2C6H8N2.C6H12O2.5C3H8.2CH3F.8CH4/c1-9-3-5-12-8-10(2)4-6-11(12)7-9;3*1-7-3-5-8(2)6-4-7;2*1-7-5-3-2-4-6-7;3*1-5-3-7-6(2)8-4-5;5*1-3-2;2*1-2;;;;;;;;/h3-8H,1-2H3;7-8H,3-6H2,1-2H3;2*3-6H,1-2H3;7H,2-6H2,1H3;2-6H,1H3;2*3-4H,1-2H3;5-6H,3-4H2,1-2H3;5*3H2,1-2H3;2*1H3;8*1H4. The monoisotopic (exact) mass is 1420 g/mol. The molecule has 7 aromatic rings. The van der Waals surface area contributed by atoms with Crippen LogP contribution < -0.4 is 0 Å². The van der Waals surface area contributed by atoms with Gasteiger partial charge in [0.2, 0.25) is 0 Å². The highest BCUT2D eigenvalue weighted by atomic mass is 19.1. The summed E-state index contributed by atoms with van der Waals surface area (Å²) in [6.07, 6.45) is 26.8. The van der Waals surface area contributed by atoms with Crippen LogP contribution in [0.2, 0.25) is 0 Å². The van der Waals surface area contributed by atoms with E-state index in [0.29, 0.717) is 20.3 Å². The summed E-state index contributed by atoms with van der Waals surface area (Å²) in [5.74, 6) is 5.31. The van der Waals surface area contributed by atoms with Crippen molar-refractivity contribution in [3.63, 3.8) is 0 Å². The number of fused-ring (bicyclic) bond motifs is 1. The van der Waals surface area contributed by atoms with Crippen LogP contribution in [0, 0.1) is 99.8 Å². The predicted octanol–water partition coefficient (Wildman–Crippen LogP) is 32.0. The van der Waals surface area contributed by atoms with E-state index in [4.69, 9.17) is 9.47 Å². The maximum absolute atomic E-state index is 9.50. The Hall–Kier alpha value is -5.70. The molecule has 1 aliphatic heterocycles. The second-order valence-electron chi connectivity index (χ2n) is 24.9. The number of benzene rings is 5. The molecule has 101 heavy (non-hydrogen) atoms. The average Bonchev–Trinajstić information content (AvgIpc) is 0.843. The molecule has 5 aromatic carbocycles. The largest absolute Gasteiger partial charge is 0.353 e. The molecule has 3 fully saturated rings. The number of alkyl halides is 2. The number of halogens is 2. The van der Waals surface area contributed by atoms with E-state index in [9.17, 15) is 8.78 Å².